The minimum atomic E-state index is -0.388. The minimum absolute atomic E-state index is 0.0272. The van der Waals surface area contributed by atoms with Gasteiger partial charge in [0.15, 0.2) is 0 Å². The normalized spacial score (nSPS) is 27.4. The van der Waals surface area contributed by atoms with Crippen molar-refractivity contribution in [1.82, 2.24) is 5.32 Å². The first-order chi connectivity index (χ1) is 13.3. The second kappa shape index (κ2) is 6.54. The number of aliphatic hydroxyl groups excluding tert-OH is 1. The first-order valence-corrected chi connectivity index (χ1v) is 9.67. The molecule has 1 amide bonds. The van der Waals surface area contributed by atoms with Crippen molar-refractivity contribution in [2.45, 2.75) is 18.4 Å². The molecule has 0 radical (unpaired) electrons. The molecule has 2 aromatic carbocycles. The summed E-state index contributed by atoms with van der Waals surface area (Å²) in [4.78, 5) is 12.5. The maximum absolute atomic E-state index is 12.5. The molecule has 0 heterocycles. The van der Waals surface area contributed by atoms with Crippen molar-refractivity contribution >= 4 is 6.09 Å². The SMILES string of the molecule is O=C(N[C@H]1[C@@H](CO)[C@@H]2C=C[C@H]1C2)OCC1c2ccccc2-c2ccccc21. The highest BCUT2D eigenvalue weighted by Gasteiger charge is 2.45. The van der Waals surface area contributed by atoms with Gasteiger partial charge in [-0.15, -0.1) is 0 Å². The van der Waals surface area contributed by atoms with Crippen LogP contribution in [-0.2, 0) is 4.74 Å². The molecule has 0 spiro atoms. The van der Waals surface area contributed by atoms with Gasteiger partial charge >= 0.3 is 6.09 Å². The standard InChI is InChI=1S/C23H23NO3/c25-12-20-14-9-10-15(11-14)22(20)24-23(26)27-13-21-18-7-3-1-5-16(18)17-6-2-4-8-19(17)21/h1-10,14-15,20-22,25H,11-13H2,(H,24,26)/t14-,15+,20+,22-/m1/s1. The predicted octanol–water partition coefficient (Wildman–Crippen LogP) is 3.71. The monoisotopic (exact) mass is 361 g/mol. The van der Waals surface area contributed by atoms with Gasteiger partial charge in [-0.05, 0) is 40.5 Å². The van der Waals surface area contributed by atoms with E-state index in [0.29, 0.717) is 18.4 Å². The van der Waals surface area contributed by atoms with Crippen LogP contribution in [0.25, 0.3) is 11.1 Å². The lowest BCUT2D eigenvalue weighted by Gasteiger charge is -2.27. The molecule has 0 saturated heterocycles. The van der Waals surface area contributed by atoms with Gasteiger partial charge in [-0.1, -0.05) is 60.7 Å². The maximum Gasteiger partial charge on any atom is 0.407 e. The Morgan fingerprint density at radius 3 is 2.30 bits per heavy atom. The highest BCUT2D eigenvalue weighted by molar-refractivity contribution is 5.79. The minimum Gasteiger partial charge on any atom is -0.449 e. The van der Waals surface area contributed by atoms with Crippen LogP contribution in [0.2, 0.25) is 0 Å². The van der Waals surface area contributed by atoms with E-state index in [1.807, 2.05) is 24.3 Å². The molecule has 5 rings (SSSR count). The number of nitrogens with one attached hydrogen (secondary N) is 1. The van der Waals surface area contributed by atoms with Crippen molar-refractivity contribution in [2.24, 2.45) is 17.8 Å². The van der Waals surface area contributed by atoms with E-state index in [1.165, 1.54) is 22.3 Å². The molecule has 2 aromatic rings. The van der Waals surface area contributed by atoms with E-state index in [4.69, 9.17) is 4.74 Å². The number of ether oxygens (including phenoxy) is 1. The van der Waals surface area contributed by atoms with Gasteiger partial charge in [0.25, 0.3) is 0 Å². The summed E-state index contributed by atoms with van der Waals surface area (Å²) in [6, 6.07) is 16.6. The average molecular weight is 361 g/mol. The average Bonchev–Trinajstić information content (AvgIpc) is 3.38. The Kier molecular flexibility index (Phi) is 4.01. The second-order valence-corrected chi connectivity index (χ2v) is 7.79. The number of rotatable bonds is 4. The molecular weight excluding hydrogens is 338 g/mol. The number of carbonyl (C=O) groups is 1. The number of carbonyl (C=O) groups excluding carboxylic acids is 1. The van der Waals surface area contributed by atoms with E-state index < -0.39 is 0 Å². The Balaban J connectivity index is 1.29. The van der Waals surface area contributed by atoms with Crippen LogP contribution in [0.5, 0.6) is 0 Å². The number of allylic oxidation sites excluding steroid dienone is 1. The molecule has 2 N–H and O–H groups in total. The van der Waals surface area contributed by atoms with E-state index in [0.717, 1.165) is 6.42 Å². The number of benzene rings is 2. The Labute approximate surface area is 158 Å². The number of alkyl carbamates (subject to hydrolysis) is 1. The Morgan fingerprint density at radius 1 is 1.00 bits per heavy atom. The fraction of sp³-hybridized carbons (Fsp3) is 0.348. The molecular formula is C23H23NO3. The molecule has 1 fully saturated rings. The van der Waals surface area contributed by atoms with Crippen LogP contribution in [0, 0.1) is 17.8 Å². The number of amides is 1. The number of hydrogen-bond donors (Lipinski definition) is 2. The second-order valence-electron chi connectivity index (χ2n) is 7.79. The fourth-order valence-electron chi connectivity index (χ4n) is 5.16. The summed E-state index contributed by atoms with van der Waals surface area (Å²) in [6.45, 7) is 0.417. The summed E-state index contributed by atoms with van der Waals surface area (Å²) < 4.78 is 5.65. The van der Waals surface area contributed by atoms with Crippen molar-refractivity contribution in [3.05, 3.63) is 71.8 Å². The fourth-order valence-corrected chi connectivity index (χ4v) is 5.16. The van der Waals surface area contributed by atoms with E-state index in [2.05, 4.69) is 41.7 Å². The van der Waals surface area contributed by atoms with Gasteiger partial charge in [0, 0.05) is 24.5 Å². The van der Waals surface area contributed by atoms with Crippen molar-refractivity contribution in [1.29, 1.82) is 0 Å². The van der Waals surface area contributed by atoms with Gasteiger partial charge in [-0.2, -0.15) is 0 Å². The molecule has 4 heteroatoms. The van der Waals surface area contributed by atoms with Crippen molar-refractivity contribution in [2.75, 3.05) is 13.2 Å². The Bertz CT molecular complexity index is 861. The largest absolute Gasteiger partial charge is 0.449 e. The summed E-state index contributed by atoms with van der Waals surface area (Å²) in [5, 5.41) is 12.7. The molecule has 4 atom stereocenters. The summed E-state index contributed by atoms with van der Waals surface area (Å²) >= 11 is 0. The van der Waals surface area contributed by atoms with Crippen LogP contribution in [0.15, 0.2) is 60.7 Å². The van der Waals surface area contributed by atoms with Crippen LogP contribution in [0.4, 0.5) is 4.79 Å². The van der Waals surface area contributed by atoms with E-state index in [9.17, 15) is 9.90 Å². The zero-order chi connectivity index (χ0) is 18.4. The van der Waals surface area contributed by atoms with Crippen molar-refractivity contribution in [3.63, 3.8) is 0 Å². The van der Waals surface area contributed by atoms with Gasteiger partial charge < -0.3 is 15.2 Å². The zero-order valence-corrected chi connectivity index (χ0v) is 15.0. The van der Waals surface area contributed by atoms with E-state index in [-0.39, 0.29) is 30.6 Å². The van der Waals surface area contributed by atoms with Crippen LogP contribution >= 0.6 is 0 Å². The number of hydrogen-bond acceptors (Lipinski definition) is 3. The molecule has 3 aliphatic carbocycles. The molecule has 0 aromatic heterocycles. The first-order valence-electron chi connectivity index (χ1n) is 9.67. The molecule has 3 aliphatic rings. The highest BCUT2D eigenvalue weighted by Crippen LogP contribution is 2.45. The number of aliphatic hydroxyl groups is 1. The Hall–Kier alpha value is -2.59. The third-order valence-electron chi connectivity index (χ3n) is 6.46. The summed E-state index contributed by atoms with van der Waals surface area (Å²) in [5.41, 5.74) is 4.87. The van der Waals surface area contributed by atoms with E-state index in [1.54, 1.807) is 0 Å². The van der Waals surface area contributed by atoms with Gasteiger partial charge in [0.1, 0.15) is 6.61 Å². The molecule has 138 valence electrons. The summed E-state index contributed by atoms with van der Waals surface area (Å²) in [6.07, 6.45) is 4.95. The smallest absolute Gasteiger partial charge is 0.407 e. The highest BCUT2D eigenvalue weighted by atomic mass is 16.5. The van der Waals surface area contributed by atoms with Gasteiger partial charge in [0.05, 0.1) is 0 Å². The molecule has 1 saturated carbocycles. The Morgan fingerprint density at radius 2 is 1.63 bits per heavy atom. The predicted molar refractivity (Wildman–Crippen MR) is 103 cm³/mol. The molecule has 2 bridgehead atoms. The molecule has 4 nitrogen and oxygen atoms in total. The lowest BCUT2D eigenvalue weighted by molar-refractivity contribution is 0.125. The summed E-state index contributed by atoms with van der Waals surface area (Å²) in [7, 11) is 0. The van der Waals surface area contributed by atoms with Gasteiger partial charge in [-0.25, -0.2) is 4.79 Å². The van der Waals surface area contributed by atoms with E-state index >= 15 is 0 Å². The summed E-state index contributed by atoms with van der Waals surface area (Å²) in [5.74, 6) is 0.851. The lowest BCUT2D eigenvalue weighted by atomic mass is 9.90. The zero-order valence-electron chi connectivity index (χ0n) is 15.0. The topological polar surface area (TPSA) is 58.6 Å². The third kappa shape index (κ3) is 2.67. The molecule has 0 aliphatic heterocycles. The molecule has 0 unspecified atom stereocenters. The van der Waals surface area contributed by atoms with Crippen LogP contribution in [0.3, 0.4) is 0 Å². The van der Waals surface area contributed by atoms with Crippen LogP contribution < -0.4 is 5.32 Å². The third-order valence-corrected chi connectivity index (χ3v) is 6.46. The quantitative estimate of drug-likeness (QED) is 0.816. The van der Waals surface area contributed by atoms with Crippen LogP contribution in [0.1, 0.15) is 23.5 Å². The molecule has 27 heavy (non-hydrogen) atoms. The first kappa shape index (κ1) is 16.6. The maximum atomic E-state index is 12.5. The van der Waals surface area contributed by atoms with Crippen molar-refractivity contribution in [3.8, 4) is 11.1 Å². The number of fused-ring (bicyclic) bond motifs is 5. The lowest BCUT2D eigenvalue weighted by Crippen LogP contribution is -2.44. The van der Waals surface area contributed by atoms with Crippen molar-refractivity contribution < 1.29 is 14.6 Å². The van der Waals surface area contributed by atoms with Gasteiger partial charge in [-0.3, -0.25) is 0 Å². The van der Waals surface area contributed by atoms with Gasteiger partial charge in [0.2, 0.25) is 0 Å². The van der Waals surface area contributed by atoms with Crippen LogP contribution in [-0.4, -0.2) is 30.5 Å².